The van der Waals surface area contributed by atoms with Gasteiger partial charge in [-0.1, -0.05) is 18.2 Å². The van der Waals surface area contributed by atoms with Gasteiger partial charge in [0.15, 0.2) is 0 Å². The summed E-state index contributed by atoms with van der Waals surface area (Å²) in [5.41, 5.74) is 2.15. The van der Waals surface area contributed by atoms with E-state index in [0.29, 0.717) is 12.5 Å². The fraction of sp³-hybridized carbons (Fsp3) is 0.312. The molecule has 20 heavy (non-hydrogen) atoms. The van der Waals surface area contributed by atoms with Gasteiger partial charge in [-0.15, -0.1) is 11.3 Å². The van der Waals surface area contributed by atoms with Gasteiger partial charge in [-0.3, -0.25) is 4.79 Å². The van der Waals surface area contributed by atoms with Gasteiger partial charge in [0, 0.05) is 23.2 Å². The highest BCUT2D eigenvalue weighted by Crippen LogP contribution is 2.19. The second-order valence-corrected chi connectivity index (χ2v) is 6.18. The van der Waals surface area contributed by atoms with Crippen LogP contribution in [0.1, 0.15) is 23.3 Å². The molecule has 104 valence electrons. The Morgan fingerprint density at radius 2 is 2.00 bits per heavy atom. The molecule has 3 rings (SSSR count). The third-order valence-corrected chi connectivity index (χ3v) is 4.18. The maximum Gasteiger partial charge on any atom is 0.224 e. The third kappa shape index (κ3) is 3.84. The molecule has 1 fully saturated rings. The Bertz CT molecular complexity index is 559. The first kappa shape index (κ1) is 13.2. The van der Waals surface area contributed by atoms with Crippen molar-refractivity contribution in [2.45, 2.75) is 31.8 Å². The number of nitrogens with one attached hydrogen (secondary N) is 2. The lowest BCUT2D eigenvalue weighted by Gasteiger charge is -2.07. The molecular formula is C16H18N2OS. The van der Waals surface area contributed by atoms with E-state index in [1.54, 1.807) is 11.3 Å². The molecule has 1 heterocycles. The van der Waals surface area contributed by atoms with Crippen LogP contribution in [0.15, 0.2) is 41.8 Å². The monoisotopic (exact) mass is 286 g/mol. The Kier molecular flexibility index (Phi) is 4.02. The summed E-state index contributed by atoms with van der Waals surface area (Å²) in [6.45, 7) is 0.846. The maximum absolute atomic E-state index is 11.7. The van der Waals surface area contributed by atoms with Gasteiger partial charge in [-0.05, 0) is 42.0 Å². The van der Waals surface area contributed by atoms with E-state index in [-0.39, 0.29) is 5.91 Å². The Morgan fingerprint density at radius 3 is 2.65 bits per heavy atom. The van der Waals surface area contributed by atoms with Crippen molar-refractivity contribution in [3.8, 4) is 0 Å². The Labute approximate surface area is 123 Å². The van der Waals surface area contributed by atoms with Gasteiger partial charge in [0.1, 0.15) is 0 Å². The van der Waals surface area contributed by atoms with E-state index >= 15 is 0 Å². The van der Waals surface area contributed by atoms with Gasteiger partial charge < -0.3 is 10.6 Å². The highest BCUT2D eigenvalue weighted by atomic mass is 32.1. The van der Waals surface area contributed by atoms with Gasteiger partial charge in [-0.25, -0.2) is 0 Å². The standard InChI is InChI=1S/C16H18N2OS/c19-16(18-14-7-8-14)10-12-3-5-13(6-4-12)17-11-15-2-1-9-20-15/h1-6,9,14,17H,7-8,10-11H2,(H,18,19). The van der Waals surface area contributed by atoms with Crippen molar-refractivity contribution in [3.05, 3.63) is 52.2 Å². The molecule has 2 N–H and O–H groups in total. The zero-order chi connectivity index (χ0) is 13.8. The molecule has 1 aromatic heterocycles. The molecule has 0 unspecified atom stereocenters. The molecule has 1 saturated carbocycles. The first-order chi connectivity index (χ1) is 9.79. The number of carbonyl (C=O) groups is 1. The Hall–Kier alpha value is -1.81. The molecule has 0 aliphatic heterocycles. The van der Waals surface area contributed by atoms with Gasteiger partial charge in [-0.2, -0.15) is 0 Å². The number of thiophene rings is 1. The minimum absolute atomic E-state index is 0.131. The number of amides is 1. The largest absolute Gasteiger partial charge is 0.380 e. The minimum atomic E-state index is 0.131. The molecule has 2 aromatic rings. The fourth-order valence-corrected chi connectivity index (χ4v) is 2.68. The molecular weight excluding hydrogens is 268 g/mol. The Balaban J connectivity index is 1.49. The summed E-state index contributed by atoms with van der Waals surface area (Å²) in [5, 5.41) is 8.47. The molecule has 1 aromatic carbocycles. The van der Waals surface area contributed by atoms with Crippen LogP contribution in [0.3, 0.4) is 0 Å². The van der Waals surface area contributed by atoms with E-state index in [9.17, 15) is 4.79 Å². The molecule has 3 nitrogen and oxygen atoms in total. The molecule has 0 radical (unpaired) electrons. The summed E-state index contributed by atoms with van der Waals surface area (Å²) < 4.78 is 0. The van der Waals surface area contributed by atoms with Crippen molar-refractivity contribution in [1.82, 2.24) is 5.32 Å². The molecule has 1 amide bonds. The van der Waals surface area contributed by atoms with Crippen molar-refractivity contribution in [1.29, 1.82) is 0 Å². The van der Waals surface area contributed by atoms with Crippen LogP contribution < -0.4 is 10.6 Å². The van der Waals surface area contributed by atoms with Crippen LogP contribution in [-0.4, -0.2) is 11.9 Å². The summed E-state index contributed by atoms with van der Waals surface area (Å²) in [4.78, 5) is 13.0. The maximum atomic E-state index is 11.7. The Morgan fingerprint density at radius 1 is 1.20 bits per heavy atom. The lowest BCUT2D eigenvalue weighted by molar-refractivity contribution is -0.120. The average Bonchev–Trinajstić information content (AvgIpc) is 3.10. The third-order valence-electron chi connectivity index (χ3n) is 3.31. The van der Waals surface area contributed by atoms with Crippen molar-refractivity contribution >= 4 is 22.9 Å². The van der Waals surface area contributed by atoms with Crippen molar-refractivity contribution in [2.24, 2.45) is 0 Å². The van der Waals surface area contributed by atoms with Gasteiger partial charge in [0.2, 0.25) is 5.91 Å². The van der Waals surface area contributed by atoms with E-state index in [2.05, 4.69) is 28.1 Å². The first-order valence-corrected chi connectivity index (χ1v) is 7.82. The zero-order valence-electron chi connectivity index (χ0n) is 11.3. The lowest BCUT2D eigenvalue weighted by atomic mass is 10.1. The molecule has 1 aliphatic carbocycles. The van der Waals surface area contributed by atoms with E-state index < -0.39 is 0 Å². The second kappa shape index (κ2) is 6.09. The molecule has 0 bridgehead atoms. The molecule has 0 spiro atoms. The highest BCUT2D eigenvalue weighted by Gasteiger charge is 2.22. The van der Waals surface area contributed by atoms with Crippen molar-refractivity contribution in [3.63, 3.8) is 0 Å². The van der Waals surface area contributed by atoms with Gasteiger partial charge >= 0.3 is 0 Å². The second-order valence-electron chi connectivity index (χ2n) is 5.15. The highest BCUT2D eigenvalue weighted by molar-refractivity contribution is 7.09. The van der Waals surface area contributed by atoms with Gasteiger partial charge in [0.05, 0.1) is 6.42 Å². The van der Waals surface area contributed by atoms with E-state index in [1.807, 2.05) is 24.3 Å². The van der Waals surface area contributed by atoms with Crippen LogP contribution in [0.2, 0.25) is 0 Å². The lowest BCUT2D eigenvalue weighted by Crippen LogP contribution is -2.26. The number of hydrogen-bond donors (Lipinski definition) is 2. The molecule has 1 aliphatic rings. The summed E-state index contributed by atoms with van der Waals surface area (Å²) in [5.74, 6) is 0.131. The zero-order valence-corrected chi connectivity index (χ0v) is 12.1. The summed E-state index contributed by atoms with van der Waals surface area (Å²) >= 11 is 1.75. The van der Waals surface area contributed by atoms with Crippen LogP contribution in [0.5, 0.6) is 0 Å². The fourth-order valence-electron chi connectivity index (χ4n) is 2.03. The smallest absolute Gasteiger partial charge is 0.224 e. The van der Waals surface area contributed by atoms with Crippen LogP contribution in [0.4, 0.5) is 5.69 Å². The quantitative estimate of drug-likeness (QED) is 0.856. The number of hydrogen-bond acceptors (Lipinski definition) is 3. The molecule has 0 atom stereocenters. The minimum Gasteiger partial charge on any atom is -0.380 e. The topological polar surface area (TPSA) is 41.1 Å². The van der Waals surface area contributed by atoms with Crippen LogP contribution in [-0.2, 0) is 17.8 Å². The molecule has 4 heteroatoms. The normalized spacial score (nSPS) is 14.0. The van der Waals surface area contributed by atoms with Crippen LogP contribution >= 0.6 is 11.3 Å². The summed E-state index contributed by atoms with van der Waals surface area (Å²) in [7, 11) is 0. The molecule has 0 saturated heterocycles. The number of benzene rings is 1. The van der Waals surface area contributed by atoms with Crippen molar-refractivity contribution < 1.29 is 4.79 Å². The summed E-state index contributed by atoms with van der Waals surface area (Å²) in [6, 6.07) is 12.7. The number of rotatable bonds is 6. The van der Waals surface area contributed by atoms with Gasteiger partial charge in [0.25, 0.3) is 0 Å². The number of carbonyl (C=O) groups excluding carboxylic acids is 1. The predicted molar refractivity (Wildman–Crippen MR) is 83.0 cm³/mol. The first-order valence-electron chi connectivity index (χ1n) is 6.94. The van der Waals surface area contributed by atoms with E-state index in [0.717, 1.165) is 30.6 Å². The number of anilines is 1. The van der Waals surface area contributed by atoms with Crippen molar-refractivity contribution in [2.75, 3.05) is 5.32 Å². The SMILES string of the molecule is O=C(Cc1ccc(NCc2cccs2)cc1)NC1CC1. The van der Waals surface area contributed by atoms with E-state index in [1.165, 1.54) is 4.88 Å². The summed E-state index contributed by atoms with van der Waals surface area (Å²) in [6.07, 6.45) is 2.75. The average molecular weight is 286 g/mol. The predicted octanol–water partition coefficient (Wildman–Crippen LogP) is 3.18. The van der Waals surface area contributed by atoms with Crippen LogP contribution in [0.25, 0.3) is 0 Å². The van der Waals surface area contributed by atoms with Crippen LogP contribution in [0, 0.1) is 0 Å². The van der Waals surface area contributed by atoms with E-state index in [4.69, 9.17) is 0 Å².